The van der Waals surface area contributed by atoms with Crippen LogP contribution in [0.1, 0.15) is 82.4 Å². The molecule has 1 aliphatic rings. The van der Waals surface area contributed by atoms with E-state index in [4.69, 9.17) is 0 Å². The van der Waals surface area contributed by atoms with Crippen molar-refractivity contribution in [2.75, 3.05) is 0 Å². The molecule has 1 fully saturated rings. The van der Waals surface area contributed by atoms with Crippen LogP contribution in [0.3, 0.4) is 0 Å². The molecule has 1 aliphatic carbocycles. The predicted molar refractivity (Wildman–Crippen MR) is 124 cm³/mol. The first kappa shape index (κ1) is 20.6. The lowest BCUT2D eigenvalue weighted by molar-refractivity contribution is 0.340. The fourth-order valence-electron chi connectivity index (χ4n) is 4.60. The van der Waals surface area contributed by atoms with Crippen LogP contribution in [-0.4, -0.2) is 0 Å². The SMILES string of the molecule is C=C(C(=CC)CCC1CCCCC1)c1ccc(C(C)(C)c2ccccc2)cc1. The molecule has 0 aliphatic heterocycles. The zero-order valence-corrected chi connectivity index (χ0v) is 18.0. The Morgan fingerprint density at radius 3 is 2.14 bits per heavy atom. The average molecular weight is 373 g/mol. The van der Waals surface area contributed by atoms with E-state index < -0.39 is 0 Å². The Bertz CT molecular complexity index is 784. The number of hydrogen-bond acceptors (Lipinski definition) is 0. The van der Waals surface area contributed by atoms with Gasteiger partial charge in [0.1, 0.15) is 0 Å². The summed E-state index contributed by atoms with van der Waals surface area (Å²) in [6.07, 6.45) is 11.9. The minimum Gasteiger partial charge on any atom is -0.0909 e. The molecule has 28 heavy (non-hydrogen) atoms. The molecular weight excluding hydrogens is 336 g/mol. The number of hydrogen-bond donors (Lipinski definition) is 0. The van der Waals surface area contributed by atoms with Gasteiger partial charge in [-0.05, 0) is 53.5 Å². The van der Waals surface area contributed by atoms with Crippen LogP contribution in [0, 0.1) is 5.92 Å². The monoisotopic (exact) mass is 372 g/mol. The molecule has 0 saturated heterocycles. The second-order valence-electron chi connectivity index (χ2n) is 8.90. The molecule has 2 aromatic carbocycles. The molecule has 0 heteroatoms. The summed E-state index contributed by atoms with van der Waals surface area (Å²) in [4.78, 5) is 0. The van der Waals surface area contributed by atoms with Gasteiger partial charge in [-0.1, -0.05) is 113 Å². The van der Waals surface area contributed by atoms with Gasteiger partial charge in [0.05, 0.1) is 0 Å². The number of allylic oxidation sites excluding steroid dienone is 3. The van der Waals surface area contributed by atoms with Crippen molar-refractivity contribution in [2.45, 2.75) is 71.1 Å². The van der Waals surface area contributed by atoms with Crippen LogP contribution >= 0.6 is 0 Å². The molecule has 1 saturated carbocycles. The van der Waals surface area contributed by atoms with Crippen molar-refractivity contribution in [1.82, 2.24) is 0 Å². The molecule has 0 amide bonds. The van der Waals surface area contributed by atoms with Gasteiger partial charge in [0.25, 0.3) is 0 Å². The van der Waals surface area contributed by atoms with Gasteiger partial charge in [-0.15, -0.1) is 0 Å². The van der Waals surface area contributed by atoms with E-state index in [-0.39, 0.29) is 5.41 Å². The maximum absolute atomic E-state index is 4.44. The van der Waals surface area contributed by atoms with Gasteiger partial charge in [-0.25, -0.2) is 0 Å². The first-order valence-electron chi connectivity index (χ1n) is 11.0. The van der Waals surface area contributed by atoms with Crippen LogP contribution in [0.5, 0.6) is 0 Å². The summed E-state index contributed by atoms with van der Waals surface area (Å²) in [7, 11) is 0. The molecule has 0 radical (unpaired) electrons. The second-order valence-corrected chi connectivity index (χ2v) is 8.90. The summed E-state index contributed by atoms with van der Waals surface area (Å²) in [6.45, 7) is 11.2. The Hall–Kier alpha value is -2.08. The summed E-state index contributed by atoms with van der Waals surface area (Å²) in [6, 6.07) is 19.8. The minimum absolute atomic E-state index is 0.00549. The molecule has 3 rings (SSSR count). The van der Waals surface area contributed by atoms with Crippen molar-refractivity contribution in [2.24, 2.45) is 5.92 Å². The molecule has 0 spiro atoms. The Morgan fingerprint density at radius 1 is 0.929 bits per heavy atom. The van der Waals surface area contributed by atoms with E-state index in [0.717, 1.165) is 12.3 Å². The first-order chi connectivity index (χ1) is 13.5. The number of rotatable bonds is 7. The Balaban J connectivity index is 1.68. The van der Waals surface area contributed by atoms with Crippen molar-refractivity contribution in [3.8, 4) is 0 Å². The Morgan fingerprint density at radius 2 is 1.54 bits per heavy atom. The van der Waals surface area contributed by atoms with Crippen LogP contribution in [0.25, 0.3) is 5.57 Å². The molecule has 0 atom stereocenters. The smallest absolute Gasteiger partial charge is 0.0146 e. The predicted octanol–water partition coefficient (Wildman–Crippen LogP) is 8.33. The van der Waals surface area contributed by atoms with Crippen LogP contribution in [-0.2, 0) is 5.41 Å². The van der Waals surface area contributed by atoms with Crippen molar-refractivity contribution in [3.05, 3.63) is 89.5 Å². The van der Waals surface area contributed by atoms with Crippen molar-refractivity contribution < 1.29 is 0 Å². The van der Waals surface area contributed by atoms with Gasteiger partial charge in [-0.2, -0.15) is 0 Å². The van der Waals surface area contributed by atoms with E-state index in [1.54, 1.807) is 0 Å². The molecule has 0 bridgehead atoms. The van der Waals surface area contributed by atoms with Crippen molar-refractivity contribution >= 4 is 5.57 Å². The van der Waals surface area contributed by atoms with Gasteiger partial charge < -0.3 is 0 Å². The fourth-order valence-corrected chi connectivity index (χ4v) is 4.60. The summed E-state index contributed by atoms with van der Waals surface area (Å²) in [5, 5.41) is 0. The van der Waals surface area contributed by atoms with Crippen LogP contribution in [0.15, 0.2) is 72.8 Å². The van der Waals surface area contributed by atoms with Gasteiger partial charge in [-0.3, -0.25) is 0 Å². The van der Waals surface area contributed by atoms with Crippen LogP contribution in [0.4, 0.5) is 0 Å². The topological polar surface area (TPSA) is 0 Å². The largest absolute Gasteiger partial charge is 0.0909 e. The molecule has 0 aromatic heterocycles. The van der Waals surface area contributed by atoms with Gasteiger partial charge in [0, 0.05) is 5.41 Å². The highest BCUT2D eigenvalue weighted by Crippen LogP contribution is 2.34. The summed E-state index contributed by atoms with van der Waals surface area (Å²) < 4.78 is 0. The van der Waals surface area contributed by atoms with E-state index in [1.165, 1.54) is 66.4 Å². The number of benzene rings is 2. The van der Waals surface area contributed by atoms with Crippen molar-refractivity contribution in [3.63, 3.8) is 0 Å². The van der Waals surface area contributed by atoms with Crippen LogP contribution in [0.2, 0.25) is 0 Å². The van der Waals surface area contributed by atoms with E-state index in [2.05, 4.69) is 88.0 Å². The highest BCUT2D eigenvalue weighted by Gasteiger charge is 2.23. The molecule has 148 valence electrons. The van der Waals surface area contributed by atoms with Crippen molar-refractivity contribution in [1.29, 1.82) is 0 Å². The Kier molecular flexibility index (Phi) is 6.94. The molecule has 0 N–H and O–H groups in total. The third kappa shape index (κ3) is 4.85. The van der Waals surface area contributed by atoms with Gasteiger partial charge in [0.2, 0.25) is 0 Å². The second kappa shape index (κ2) is 9.41. The van der Waals surface area contributed by atoms with Gasteiger partial charge >= 0.3 is 0 Å². The lowest BCUT2D eigenvalue weighted by Gasteiger charge is -2.26. The summed E-state index contributed by atoms with van der Waals surface area (Å²) in [5.41, 5.74) is 6.57. The van der Waals surface area contributed by atoms with Crippen LogP contribution < -0.4 is 0 Å². The van der Waals surface area contributed by atoms with Gasteiger partial charge in [0.15, 0.2) is 0 Å². The lowest BCUT2D eigenvalue weighted by Crippen LogP contribution is -2.18. The van der Waals surface area contributed by atoms with E-state index in [0.29, 0.717) is 0 Å². The lowest BCUT2D eigenvalue weighted by atomic mass is 9.77. The molecule has 0 nitrogen and oxygen atoms in total. The quantitative estimate of drug-likeness (QED) is 0.428. The zero-order chi connectivity index (χ0) is 20.0. The highest BCUT2D eigenvalue weighted by molar-refractivity contribution is 5.77. The fraction of sp³-hybridized carbons (Fsp3) is 0.429. The molecule has 0 heterocycles. The van der Waals surface area contributed by atoms with E-state index >= 15 is 0 Å². The average Bonchev–Trinajstić information content (AvgIpc) is 2.75. The van der Waals surface area contributed by atoms with E-state index in [1.807, 2.05) is 0 Å². The zero-order valence-electron chi connectivity index (χ0n) is 18.0. The summed E-state index contributed by atoms with van der Waals surface area (Å²) >= 11 is 0. The van der Waals surface area contributed by atoms with E-state index in [9.17, 15) is 0 Å². The standard InChI is InChI=1S/C28H36/c1-5-24(17-16-23-12-8-6-9-13-23)22(2)25-18-20-27(21-19-25)28(3,4)26-14-10-7-11-15-26/h5,7,10-11,14-15,18-21,23H,2,6,8-9,12-13,16-17H2,1,3-4H3. The molecular formula is C28H36. The first-order valence-corrected chi connectivity index (χ1v) is 11.0. The highest BCUT2D eigenvalue weighted by atomic mass is 14.3. The minimum atomic E-state index is 0.00549. The summed E-state index contributed by atoms with van der Waals surface area (Å²) in [5.74, 6) is 0.922. The third-order valence-corrected chi connectivity index (χ3v) is 6.73. The molecule has 2 aromatic rings. The Labute approximate surface area is 172 Å². The maximum Gasteiger partial charge on any atom is 0.0146 e. The third-order valence-electron chi connectivity index (χ3n) is 6.73. The normalized spacial score (nSPS) is 16.2. The maximum atomic E-state index is 4.44. The molecule has 0 unspecified atom stereocenters.